The first-order chi connectivity index (χ1) is 6.35. The van der Waals surface area contributed by atoms with Gasteiger partial charge in [0.15, 0.2) is 0 Å². The molecule has 13 heavy (non-hydrogen) atoms. The zero-order valence-corrected chi connectivity index (χ0v) is 8.62. The minimum Gasteiger partial charge on any atom is -0.376 e. The molecule has 3 heteroatoms. The maximum atomic E-state index is 5.45. The lowest BCUT2D eigenvalue weighted by Crippen LogP contribution is -2.19. The Morgan fingerprint density at radius 1 is 1.38 bits per heavy atom. The van der Waals surface area contributed by atoms with Gasteiger partial charge in [0.05, 0.1) is 6.10 Å². The summed E-state index contributed by atoms with van der Waals surface area (Å²) in [7, 11) is 0. The van der Waals surface area contributed by atoms with Gasteiger partial charge in [0.25, 0.3) is 0 Å². The first-order valence-electron chi connectivity index (χ1n) is 4.85. The van der Waals surface area contributed by atoms with Crippen molar-refractivity contribution in [3.63, 3.8) is 0 Å². The Balaban J connectivity index is 3.46. The first-order valence-corrected chi connectivity index (χ1v) is 4.85. The van der Waals surface area contributed by atoms with Crippen molar-refractivity contribution >= 4 is 0 Å². The van der Waals surface area contributed by atoms with E-state index in [-0.39, 0.29) is 6.10 Å². The van der Waals surface area contributed by atoms with Crippen LogP contribution in [0, 0.1) is 0 Å². The van der Waals surface area contributed by atoms with Gasteiger partial charge in [0.2, 0.25) is 0 Å². The van der Waals surface area contributed by atoms with Crippen LogP contribution in [-0.2, 0) is 14.5 Å². The summed E-state index contributed by atoms with van der Waals surface area (Å²) in [5.41, 5.74) is 0. The van der Waals surface area contributed by atoms with E-state index in [1.165, 1.54) is 12.7 Å². The fourth-order valence-electron chi connectivity index (χ4n) is 1.05. The maximum Gasteiger partial charge on any atom is 0.122 e. The SMILES string of the molecule is C=COOCC(CCCC)OCC. The molecule has 0 saturated carbocycles. The molecule has 0 rings (SSSR count). The molecule has 0 saturated heterocycles. The van der Waals surface area contributed by atoms with E-state index in [0.717, 1.165) is 12.8 Å². The highest BCUT2D eigenvalue weighted by Crippen LogP contribution is 2.05. The highest BCUT2D eigenvalue weighted by molar-refractivity contribution is 4.55. The van der Waals surface area contributed by atoms with E-state index in [4.69, 9.17) is 9.62 Å². The molecule has 0 amide bonds. The molecule has 0 aromatic heterocycles. The van der Waals surface area contributed by atoms with Gasteiger partial charge in [0.1, 0.15) is 12.9 Å². The molecule has 0 heterocycles. The van der Waals surface area contributed by atoms with E-state index in [1.54, 1.807) is 0 Å². The molecule has 3 nitrogen and oxygen atoms in total. The average Bonchev–Trinajstić information content (AvgIpc) is 2.14. The van der Waals surface area contributed by atoms with Crippen LogP contribution in [0.4, 0.5) is 0 Å². The van der Waals surface area contributed by atoms with Crippen LogP contribution in [0.15, 0.2) is 12.8 Å². The van der Waals surface area contributed by atoms with Gasteiger partial charge in [-0.05, 0) is 13.3 Å². The van der Waals surface area contributed by atoms with Gasteiger partial charge in [-0.25, -0.2) is 0 Å². The summed E-state index contributed by atoms with van der Waals surface area (Å²) < 4.78 is 5.45. The number of unbranched alkanes of at least 4 members (excludes halogenated alkanes) is 1. The van der Waals surface area contributed by atoms with Gasteiger partial charge in [0, 0.05) is 6.61 Å². The zero-order valence-electron chi connectivity index (χ0n) is 8.62. The number of ether oxygens (including phenoxy) is 1. The zero-order chi connectivity index (χ0) is 9.94. The Morgan fingerprint density at radius 2 is 2.15 bits per heavy atom. The molecule has 0 radical (unpaired) electrons. The monoisotopic (exact) mass is 188 g/mol. The van der Waals surface area contributed by atoms with Crippen LogP contribution in [0.25, 0.3) is 0 Å². The normalized spacial score (nSPS) is 12.5. The topological polar surface area (TPSA) is 27.7 Å². The number of rotatable bonds is 9. The molecule has 0 aliphatic carbocycles. The quantitative estimate of drug-likeness (QED) is 0.241. The van der Waals surface area contributed by atoms with Crippen molar-refractivity contribution in [3.05, 3.63) is 12.8 Å². The predicted octanol–water partition coefficient (Wildman–Crippen LogP) is 2.67. The summed E-state index contributed by atoms with van der Waals surface area (Å²) in [5, 5.41) is 0. The highest BCUT2D eigenvalue weighted by atomic mass is 17.2. The molecule has 1 atom stereocenters. The van der Waals surface area contributed by atoms with Crippen LogP contribution >= 0.6 is 0 Å². The van der Waals surface area contributed by atoms with Gasteiger partial charge < -0.3 is 9.62 Å². The van der Waals surface area contributed by atoms with Gasteiger partial charge in [-0.15, -0.1) is 0 Å². The minimum atomic E-state index is 0.143. The molecule has 0 aromatic rings. The Bertz CT molecular complexity index is 115. The smallest absolute Gasteiger partial charge is 0.122 e. The van der Waals surface area contributed by atoms with Crippen LogP contribution < -0.4 is 0 Å². The van der Waals surface area contributed by atoms with Crippen LogP contribution in [-0.4, -0.2) is 19.3 Å². The van der Waals surface area contributed by atoms with Gasteiger partial charge in [-0.3, -0.25) is 0 Å². The van der Waals surface area contributed by atoms with Gasteiger partial charge >= 0.3 is 0 Å². The fraction of sp³-hybridized carbons (Fsp3) is 0.800. The molecule has 0 aromatic carbocycles. The Kier molecular flexibility index (Phi) is 9.15. The summed E-state index contributed by atoms with van der Waals surface area (Å²) in [6.07, 6.45) is 4.76. The minimum absolute atomic E-state index is 0.143. The standard InChI is InChI=1S/C10H20O3/c1-4-7-8-10(11-5-2)9-13-12-6-3/h6,10H,3-5,7-9H2,1-2H3. The summed E-state index contributed by atoms with van der Waals surface area (Å²) in [6.45, 7) is 8.70. The van der Waals surface area contributed by atoms with Gasteiger partial charge in [-0.1, -0.05) is 26.3 Å². The molecule has 0 N–H and O–H groups in total. The molecule has 0 aliphatic rings. The van der Waals surface area contributed by atoms with Crippen LogP contribution in [0.5, 0.6) is 0 Å². The third-order valence-corrected chi connectivity index (χ3v) is 1.67. The van der Waals surface area contributed by atoms with Crippen molar-refractivity contribution in [1.82, 2.24) is 0 Å². The van der Waals surface area contributed by atoms with E-state index in [0.29, 0.717) is 13.2 Å². The molecule has 0 bridgehead atoms. The third kappa shape index (κ3) is 7.81. The molecule has 0 fully saturated rings. The molecule has 0 aliphatic heterocycles. The summed E-state index contributed by atoms with van der Waals surface area (Å²) >= 11 is 0. The fourth-order valence-corrected chi connectivity index (χ4v) is 1.05. The maximum absolute atomic E-state index is 5.45. The van der Waals surface area contributed by atoms with Crippen molar-refractivity contribution in [2.75, 3.05) is 13.2 Å². The van der Waals surface area contributed by atoms with Crippen LogP contribution in [0.1, 0.15) is 33.1 Å². The molecule has 0 spiro atoms. The van der Waals surface area contributed by atoms with Crippen molar-refractivity contribution in [3.8, 4) is 0 Å². The highest BCUT2D eigenvalue weighted by Gasteiger charge is 2.08. The van der Waals surface area contributed by atoms with E-state index < -0.39 is 0 Å². The van der Waals surface area contributed by atoms with Crippen molar-refractivity contribution < 1.29 is 14.5 Å². The lowest BCUT2D eigenvalue weighted by Gasteiger charge is -2.15. The van der Waals surface area contributed by atoms with Gasteiger partial charge in [-0.2, -0.15) is 4.89 Å². The molecule has 1 unspecified atom stereocenters. The summed E-state index contributed by atoms with van der Waals surface area (Å²) in [4.78, 5) is 9.43. The summed E-state index contributed by atoms with van der Waals surface area (Å²) in [6, 6.07) is 0. The molecule has 78 valence electrons. The van der Waals surface area contributed by atoms with E-state index in [9.17, 15) is 0 Å². The molecular weight excluding hydrogens is 168 g/mol. The van der Waals surface area contributed by atoms with Crippen LogP contribution in [0.2, 0.25) is 0 Å². The summed E-state index contributed by atoms with van der Waals surface area (Å²) in [5.74, 6) is 0. The van der Waals surface area contributed by atoms with Crippen LogP contribution in [0.3, 0.4) is 0 Å². The lowest BCUT2D eigenvalue weighted by molar-refractivity contribution is -0.265. The van der Waals surface area contributed by atoms with Crippen molar-refractivity contribution in [1.29, 1.82) is 0 Å². The Morgan fingerprint density at radius 3 is 2.69 bits per heavy atom. The molecular formula is C10H20O3. The third-order valence-electron chi connectivity index (χ3n) is 1.67. The van der Waals surface area contributed by atoms with Crippen molar-refractivity contribution in [2.45, 2.75) is 39.2 Å². The lowest BCUT2D eigenvalue weighted by atomic mass is 10.2. The second-order valence-electron chi connectivity index (χ2n) is 2.77. The Hall–Kier alpha value is -0.540. The number of hydrogen-bond donors (Lipinski definition) is 0. The van der Waals surface area contributed by atoms with E-state index in [1.807, 2.05) is 6.92 Å². The second-order valence-corrected chi connectivity index (χ2v) is 2.77. The van der Waals surface area contributed by atoms with E-state index >= 15 is 0 Å². The first kappa shape index (κ1) is 12.5. The second kappa shape index (κ2) is 9.55. The number of hydrogen-bond acceptors (Lipinski definition) is 3. The predicted molar refractivity (Wildman–Crippen MR) is 52.2 cm³/mol. The Labute approximate surface area is 80.6 Å². The largest absolute Gasteiger partial charge is 0.376 e. The van der Waals surface area contributed by atoms with Crippen molar-refractivity contribution in [2.24, 2.45) is 0 Å². The van der Waals surface area contributed by atoms with E-state index in [2.05, 4.69) is 18.4 Å². The average molecular weight is 188 g/mol.